The minimum Gasteiger partial charge on any atom is -0.394 e. The molecule has 1 atom stereocenters. The molecule has 1 aliphatic rings. The van der Waals surface area contributed by atoms with Gasteiger partial charge in [0.05, 0.1) is 30.8 Å². The van der Waals surface area contributed by atoms with Crippen molar-refractivity contribution in [1.82, 2.24) is 20.0 Å². The van der Waals surface area contributed by atoms with Crippen molar-refractivity contribution in [3.05, 3.63) is 17.0 Å². The van der Waals surface area contributed by atoms with Gasteiger partial charge in [-0.05, 0) is 39.2 Å². The molecule has 1 fully saturated rings. The Morgan fingerprint density at radius 2 is 2.04 bits per heavy atom. The number of aryl methyl sites for hydroxylation is 1. The Hall–Kier alpha value is -1.89. The number of carbonyl (C=O) groups is 2. The van der Waals surface area contributed by atoms with Crippen LogP contribution in [0.3, 0.4) is 0 Å². The maximum absolute atomic E-state index is 12.3. The van der Waals surface area contributed by atoms with Crippen LogP contribution in [0.4, 0.5) is 0 Å². The van der Waals surface area contributed by atoms with Crippen molar-refractivity contribution < 1.29 is 14.7 Å². The first-order valence-corrected chi connectivity index (χ1v) is 8.47. The summed E-state index contributed by atoms with van der Waals surface area (Å²) in [4.78, 5) is 25.7. The number of rotatable bonds is 6. The molecular formula is C17H28N4O3. The van der Waals surface area contributed by atoms with Crippen molar-refractivity contribution in [3.63, 3.8) is 0 Å². The topological polar surface area (TPSA) is 87.5 Å². The molecule has 1 saturated heterocycles. The van der Waals surface area contributed by atoms with Crippen molar-refractivity contribution in [2.24, 2.45) is 0 Å². The number of nitrogens with one attached hydrogen (secondary N) is 1. The summed E-state index contributed by atoms with van der Waals surface area (Å²) in [5.74, 6) is -0.233. The Morgan fingerprint density at radius 3 is 2.58 bits per heavy atom. The van der Waals surface area contributed by atoms with Gasteiger partial charge in [-0.3, -0.25) is 14.3 Å². The molecule has 0 aromatic carbocycles. The standard InChI is InChI=1S/C17H28N4O3/c1-12-13(2)19-21(14(12)3)9-7-18-16(24)10-17(11-22)6-5-8-20(17)15(4)23/h22H,5-11H2,1-4H3,(H,18,24)/t17-/m1/s1. The first-order valence-electron chi connectivity index (χ1n) is 8.47. The van der Waals surface area contributed by atoms with Gasteiger partial charge in [0.15, 0.2) is 0 Å². The number of aromatic nitrogens is 2. The quantitative estimate of drug-likeness (QED) is 0.800. The third kappa shape index (κ3) is 3.61. The van der Waals surface area contributed by atoms with Crippen molar-refractivity contribution >= 4 is 11.8 Å². The van der Waals surface area contributed by atoms with E-state index in [1.54, 1.807) is 4.90 Å². The average Bonchev–Trinajstić information content (AvgIpc) is 3.05. The molecule has 24 heavy (non-hydrogen) atoms. The van der Waals surface area contributed by atoms with Gasteiger partial charge in [0, 0.05) is 25.7 Å². The van der Waals surface area contributed by atoms with Crippen molar-refractivity contribution in [2.45, 2.75) is 59.0 Å². The summed E-state index contributed by atoms with van der Waals surface area (Å²) in [5, 5.41) is 17.1. The number of amides is 2. The monoisotopic (exact) mass is 336 g/mol. The fraction of sp³-hybridized carbons (Fsp3) is 0.706. The largest absolute Gasteiger partial charge is 0.394 e. The van der Waals surface area contributed by atoms with E-state index < -0.39 is 5.54 Å². The third-order valence-corrected chi connectivity index (χ3v) is 5.15. The van der Waals surface area contributed by atoms with Crippen LogP contribution in [0.15, 0.2) is 0 Å². The minimum atomic E-state index is -0.745. The summed E-state index contributed by atoms with van der Waals surface area (Å²) in [6, 6.07) is 0. The summed E-state index contributed by atoms with van der Waals surface area (Å²) in [5.41, 5.74) is 2.53. The number of aliphatic hydroxyl groups is 1. The van der Waals surface area contributed by atoms with E-state index in [0.29, 0.717) is 26.1 Å². The average molecular weight is 336 g/mol. The van der Waals surface area contributed by atoms with Gasteiger partial charge in [-0.15, -0.1) is 0 Å². The molecule has 7 nitrogen and oxygen atoms in total. The summed E-state index contributed by atoms with van der Waals surface area (Å²) in [7, 11) is 0. The van der Waals surface area contributed by atoms with E-state index in [0.717, 1.165) is 17.8 Å². The van der Waals surface area contributed by atoms with Crippen molar-refractivity contribution in [1.29, 1.82) is 0 Å². The molecular weight excluding hydrogens is 308 g/mol. The molecule has 2 N–H and O–H groups in total. The first kappa shape index (κ1) is 18.4. The van der Waals surface area contributed by atoms with Crippen LogP contribution in [0.2, 0.25) is 0 Å². The molecule has 7 heteroatoms. The Morgan fingerprint density at radius 1 is 1.33 bits per heavy atom. The Bertz CT molecular complexity index is 626. The van der Waals surface area contributed by atoms with Crippen LogP contribution in [0.5, 0.6) is 0 Å². The lowest BCUT2D eigenvalue weighted by molar-refractivity contribution is -0.137. The lowest BCUT2D eigenvalue weighted by atomic mass is 9.92. The predicted molar refractivity (Wildman–Crippen MR) is 90.5 cm³/mol. The van der Waals surface area contributed by atoms with Gasteiger partial charge in [0.2, 0.25) is 11.8 Å². The molecule has 2 rings (SSSR count). The Balaban J connectivity index is 1.90. The minimum absolute atomic E-state index is 0.0903. The van der Waals surface area contributed by atoms with Crippen molar-refractivity contribution in [3.8, 4) is 0 Å². The highest BCUT2D eigenvalue weighted by Crippen LogP contribution is 2.32. The van der Waals surface area contributed by atoms with E-state index in [2.05, 4.69) is 10.4 Å². The molecule has 2 amide bonds. The first-order chi connectivity index (χ1) is 11.3. The number of carbonyl (C=O) groups excluding carboxylic acids is 2. The number of nitrogens with zero attached hydrogens (tertiary/aromatic N) is 3. The number of hydrogen-bond donors (Lipinski definition) is 2. The number of aliphatic hydroxyl groups excluding tert-OH is 1. The van der Waals surface area contributed by atoms with Gasteiger partial charge in [-0.25, -0.2) is 0 Å². The molecule has 0 bridgehead atoms. The lowest BCUT2D eigenvalue weighted by Crippen LogP contribution is -2.52. The molecule has 1 aromatic rings. The van der Waals surface area contributed by atoms with Gasteiger partial charge >= 0.3 is 0 Å². The fourth-order valence-corrected chi connectivity index (χ4v) is 3.50. The summed E-state index contributed by atoms with van der Waals surface area (Å²) < 4.78 is 1.89. The normalized spacial score (nSPS) is 20.5. The van der Waals surface area contributed by atoms with Gasteiger partial charge in [0.1, 0.15) is 0 Å². The molecule has 0 unspecified atom stereocenters. The van der Waals surface area contributed by atoms with E-state index >= 15 is 0 Å². The Labute approximate surface area is 143 Å². The molecule has 2 heterocycles. The van der Waals surface area contributed by atoms with E-state index in [4.69, 9.17) is 0 Å². The van der Waals surface area contributed by atoms with Gasteiger partial charge in [-0.1, -0.05) is 0 Å². The molecule has 0 spiro atoms. The smallest absolute Gasteiger partial charge is 0.222 e. The zero-order chi connectivity index (χ0) is 17.9. The van der Waals surface area contributed by atoms with E-state index in [1.165, 1.54) is 12.5 Å². The van der Waals surface area contributed by atoms with Crippen LogP contribution in [-0.2, 0) is 16.1 Å². The second-order valence-electron chi connectivity index (χ2n) is 6.70. The molecule has 1 aromatic heterocycles. The van der Waals surface area contributed by atoms with Crippen LogP contribution < -0.4 is 5.32 Å². The molecule has 134 valence electrons. The predicted octanol–water partition coefficient (Wildman–Crippen LogP) is 0.688. The fourth-order valence-electron chi connectivity index (χ4n) is 3.50. The Kier molecular flexibility index (Phi) is 5.64. The van der Waals surface area contributed by atoms with E-state index in [1.807, 2.05) is 25.5 Å². The van der Waals surface area contributed by atoms with Crippen LogP contribution >= 0.6 is 0 Å². The van der Waals surface area contributed by atoms with Gasteiger partial charge in [-0.2, -0.15) is 5.10 Å². The van der Waals surface area contributed by atoms with E-state index in [9.17, 15) is 14.7 Å². The maximum atomic E-state index is 12.3. The van der Waals surface area contributed by atoms with E-state index in [-0.39, 0.29) is 24.8 Å². The van der Waals surface area contributed by atoms with Crippen LogP contribution in [-0.4, -0.2) is 56.8 Å². The summed E-state index contributed by atoms with van der Waals surface area (Å²) >= 11 is 0. The van der Waals surface area contributed by atoms with Crippen LogP contribution in [0.1, 0.15) is 43.1 Å². The maximum Gasteiger partial charge on any atom is 0.222 e. The highest BCUT2D eigenvalue weighted by molar-refractivity contribution is 5.80. The summed E-state index contributed by atoms with van der Waals surface area (Å²) in [6.07, 6.45) is 1.62. The summed E-state index contributed by atoms with van der Waals surface area (Å²) in [6.45, 7) is 9.01. The van der Waals surface area contributed by atoms with Crippen LogP contribution in [0, 0.1) is 20.8 Å². The second-order valence-corrected chi connectivity index (χ2v) is 6.70. The van der Waals surface area contributed by atoms with Gasteiger partial charge < -0.3 is 15.3 Å². The lowest BCUT2D eigenvalue weighted by Gasteiger charge is -2.36. The van der Waals surface area contributed by atoms with Gasteiger partial charge in [0.25, 0.3) is 0 Å². The highest BCUT2D eigenvalue weighted by Gasteiger charge is 2.43. The highest BCUT2D eigenvalue weighted by atomic mass is 16.3. The number of likely N-dealkylation sites (tertiary alicyclic amines) is 1. The molecule has 0 radical (unpaired) electrons. The molecule has 0 saturated carbocycles. The zero-order valence-electron chi connectivity index (χ0n) is 15.1. The zero-order valence-corrected chi connectivity index (χ0v) is 15.1. The molecule has 0 aliphatic carbocycles. The van der Waals surface area contributed by atoms with Crippen LogP contribution in [0.25, 0.3) is 0 Å². The SMILES string of the molecule is CC(=O)N1CCC[C@]1(CO)CC(=O)NCCn1nc(C)c(C)c1C. The number of hydrogen-bond acceptors (Lipinski definition) is 4. The second kappa shape index (κ2) is 7.34. The van der Waals surface area contributed by atoms with Crippen molar-refractivity contribution in [2.75, 3.05) is 19.7 Å². The molecule has 1 aliphatic heterocycles. The third-order valence-electron chi connectivity index (χ3n) is 5.15.